The second-order valence-electron chi connectivity index (χ2n) is 25.8. The molecule has 0 amide bonds. The predicted molar refractivity (Wildman–Crippen MR) is 338 cm³/mol. The summed E-state index contributed by atoms with van der Waals surface area (Å²) in [5.41, 5.74) is 29.1. The third-order valence-corrected chi connectivity index (χ3v) is 18.5. The Labute approximate surface area is 460 Å². The minimum Gasteiger partial charge on any atom is -0.311 e. The molecule has 13 rings (SSSR count). The molecule has 2 aromatic heterocycles. The van der Waals surface area contributed by atoms with Gasteiger partial charge in [-0.3, -0.25) is 0 Å². The molecule has 0 saturated heterocycles. The van der Waals surface area contributed by atoms with Crippen LogP contribution in [-0.4, -0.2) is 11.3 Å². The molecule has 11 aromatic rings. The first-order valence-electron chi connectivity index (χ1n) is 27.8. The van der Waals surface area contributed by atoms with Crippen LogP contribution in [0.25, 0.3) is 58.8 Å². The molecule has 3 nitrogen and oxygen atoms in total. The summed E-state index contributed by atoms with van der Waals surface area (Å²) in [6.07, 6.45) is 0. The van der Waals surface area contributed by atoms with Crippen LogP contribution in [0.1, 0.15) is 112 Å². The van der Waals surface area contributed by atoms with Gasteiger partial charge in [-0.25, -0.2) is 0 Å². The van der Waals surface area contributed by atoms with Crippen molar-refractivity contribution in [3.8, 4) is 16.8 Å². The number of rotatable bonds is 4. The van der Waals surface area contributed by atoms with Gasteiger partial charge in [0.1, 0.15) is 0 Å². The van der Waals surface area contributed by atoms with Crippen molar-refractivity contribution in [2.24, 2.45) is 0 Å². The summed E-state index contributed by atoms with van der Waals surface area (Å²) < 4.78 is 5.26. The van der Waals surface area contributed by atoms with E-state index < -0.39 is 0 Å². The lowest BCUT2D eigenvalue weighted by atomic mass is 9.33. The number of fused-ring (bicyclic) bond motifs is 10. The molecule has 0 saturated carbocycles. The Morgan fingerprint density at radius 1 is 0.377 bits per heavy atom. The van der Waals surface area contributed by atoms with Crippen LogP contribution in [0.2, 0.25) is 0 Å². The normalized spacial score (nSPS) is 13.6. The van der Waals surface area contributed by atoms with E-state index >= 15 is 0 Å². The molecule has 0 unspecified atom stereocenters. The number of hydrogen-bond donors (Lipinski definition) is 0. The van der Waals surface area contributed by atoms with Gasteiger partial charge in [-0.05, 0) is 190 Å². The number of aromatic nitrogens is 1. The maximum Gasteiger partial charge on any atom is 0.252 e. The van der Waals surface area contributed by atoms with Gasteiger partial charge in [-0.1, -0.05) is 159 Å². The molecule has 0 aliphatic carbocycles. The van der Waals surface area contributed by atoms with Crippen LogP contribution in [0.4, 0.5) is 34.1 Å². The summed E-state index contributed by atoms with van der Waals surface area (Å²) in [7, 11) is 0. The number of benzene rings is 9. The smallest absolute Gasteiger partial charge is 0.252 e. The van der Waals surface area contributed by atoms with E-state index in [1.807, 2.05) is 11.3 Å². The summed E-state index contributed by atoms with van der Waals surface area (Å²) in [4.78, 5) is 5.36. The molecular weight excluding hydrogens is 950 g/mol. The fourth-order valence-electron chi connectivity index (χ4n) is 13.4. The summed E-state index contributed by atoms with van der Waals surface area (Å²) in [6, 6.07) is 59.3. The van der Waals surface area contributed by atoms with Crippen LogP contribution in [0.5, 0.6) is 0 Å². The van der Waals surface area contributed by atoms with Gasteiger partial charge in [0, 0.05) is 53.7 Å². The van der Waals surface area contributed by atoms with Crippen LogP contribution < -0.4 is 26.2 Å². The van der Waals surface area contributed by atoms with Crippen LogP contribution in [0.15, 0.2) is 152 Å². The first-order valence-corrected chi connectivity index (χ1v) is 28.6. The van der Waals surface area contributed by atoms with Crippen molar-refractivity contribution in [1.82, 2.24) is 4.57 Å². The number of aryl methyl sites for hydroxylation is 6. The standard InChI is InChI=1S/C72H70BN3S/c1-41-21-18-22-42(2)66(41)74-58-31-29-48(70(7,8)9)35-54(58)55-39-57-61(40-60(55)74)76(67-43(3)23-19-24-44(67)4)63-38-50(72(13,14)15)37-62-65(63)73(57)56-36-49(71(10,11)12)30-32-59(56)75(62)68-45(5)33-47(34-46(68)6)51-26-20-27-53-52-25-16-17-28-64(52)77-69(51)53/h16-40H,1-15H3. The lowest BCUT2D eigenvalue weighted by molar-refractivity contribution is 0.590. The molecule has 77 heavy (non-hydrogen) atoms. The zero-order valence-corrected chi connectivity index (χ0v) is 48.6. The Bertz CT molecular complexity index is 4250. The highest BCUT2D eigenvalue weighted by atomic mass is 32.1. The molecule has 2 aliphatic heterocycles. The van der Waals surface area contributed by atoms with Crippen molar-refractivity contribution in [3.63, 3.8) is 0 Å². The maximum atomic E-state index is 2.68. The Hall–Kier alpha value is -7.34. The maximum absolute atomic E-state index is 2.68. The van der Waals surface area contributed by atoms with Gasteiger partial charge in [0.05, 0.1) is 28.1 Å². The average Bonchev–Trinajstić information content (AvgIpc) is 4.05. The number of nitrogens with zero attached hydrogens (tertiary/aromatic N) is 3. The molecule has 382 valence electrons. The largest absolute Gasteiger partial charge is 0.311 e. The average molecular weight is 1020 g/mol. The van der Waals surface area contributed by atoms with Crippen LogP contribution in [0, 0.1) is 41.5 Å². The van der Waals surface area contributed by atoms with E-state index in [2.05, 4.69) is 270 Å². The second-order valence-corrected chi connectivity index (χ2v) is 26.8. The minimum atomic E-state index is -0.157. The van der Waals surface area contributed by atoms with Crippen molar-refractivity contribution >= 4 is 111 Å². The van der Waals surface area contributed by atoms with Crippen LogP contribution in [0.3, 0.4) is 0 Å². The minimum absolute atomic E-state index is 0.0251. The van der Waals surface area contributed by atoms with Crippen molar-refractivity contribution in [2.75, 3.05) is 9.80 Å². The third-order valence-electron chi connectivity index (χ3n) is 17.3. The van der Waals surface area contributed by atoms with E-state index in [4.69, 9.17) is 0 Å². The van der Waals surface area contributed by atoms with Gasteiger partial charge in [0.15, 0.2) is 0 Å². The Morgan fingerprint density at radius 3 is 1.53 bits per heavy atom. The highest BCUT2D eigenvalue weighted by Gasteiger charge is 2.46. The SMILES string of the molecule is Cc1cc(-c2cccc3c2sc2ccccc23)cc(C)c1N1c2ccc(C(C)(C)C)cc2B2c3cc4c5cc(C(C)(C)C)ccc5n(-c5c(C)cccc5C)c4cc3N(c3c(C)cccc3C)c3cc(C(C)(C)C)cc1c32. The summed E-state index contributed by atoms with van der Waals surface area (Å²) in [5, 5.41) is 5.24. The molecule has 0 bridgehead atoms. The van der Waals surface area contributed by atoms with Crippen LogP contribution in [-0.2, 0) is 16.2 Å². The number of thiophene rings is 1. The summed E-state index contributed by atoms with van der Waals surface area (Å²) >= 11 is 1.91. The first kappa shape index (κ1) is 49.3. The number of anilines is 6. The van der Waals surface area contributed by atoms with E-state index in [-0.39, 0.29) is 23.0 Å². The van der Waals surface area contributed by atoms with Crippen molar-refractivity contribution in [3.05, 3.63) is 202 Å². The quantitative estimate of drug-likeness (QED) is 0.163. The van der Waals surface area contributed by atoms with E-state index in [1.165, 1.54) is 159 Å². The monoisotopic (exact) mass is 1020 g/mol. The molecule has 0 spiro atoms. The molecule has 0 radical (unpaired) electrons. The van der Waals surface area contributed by atoms with Crippen LogP contribution >= 0.6 is 11.3 Å². The highest BCUT2D eigenvalue weighted by molar-refractivity contribution is 7.26. The summed E-state index contributed by atoms with van der Waals surface area (Å²) in [6.45, 7) is 35.1. The Morgan fingerprint density at radius 2 is 0.896 bits per heavy atom. The van der Waals surface area contributed by atoms with Gasteiger partial charge in [-0.15, -0.1) is 11.3 Å². The third kappa shape index (κ3) is 7.50. The van der Waals surface area contributed by atoms with E-state index in [1.54, 1.807) is 0 Å². The predicted octanol–water partition coefficient (Wildman–Crippen LogP) is 18.6. The lowest BCUT2D eigenvalue weighted by Crippen LogP contribution is -2.61. The van der Waals surface area contributed by atoms with E-state index in [0.29, 0.717) is 0 Å². The van der Waals surface area contributed by atoms with Gasteiger partial charge < -0.3 is 14.4 Å². The Balaban J connectivity index is 1.16. The molecule has 0 N–H and O–H groups in total. The van der Waals surface area contributed by atoms with Crippen molar-refractivity contribution in [1.29, 1.82) is 0 Å². The molecular formula is C72H70BN3S. The topological polar surface area (TPSA) is 11.4 Å². The zero-order valence-electron chi connectivity index (χ0n) is 47.8. The highest BCUT2D eigenvalue weighted by Crippen LogP contribution is 2.51. The fraction of sp³-hybridized carbons (Fsp3) is 0.250. The van der Waals surface area contributed by atoms with E-state index in [9.17, 15) is 0 Å². The van der Waals surface area contributed by atoms with Gasteiger partial charge in [-0.2, -0.15) is 0 Å². The van der Waals surface area contributed by atoms with Gasteiger partial charge >= 0.3 is 0 Å². The molecule has 2 aliphatic rings. The summed E-state index contributed by atoms with van der Waals surface area (Å²) in [5.74, 6) is 0. The van der Waals surface area contributed by atoms with Gasteiger partial charge in [0.2, 0.25) is 0 Å². The fourth-order valence-corrected chi connectivity index (χ4v) is 14.6. The van der Waals surface area contributed by atoms with E-state index in [0.717, 1.165) is 0 Å². The number of para-hydroxylation sites is 2. The first-order chi connectivity index (χ1) is 36.6. The zero-order chi connectivity index (χ0) is 53.9. The lowest BCUT2D eigenvalue weighted by Gasteiger charge is -2.46. The van der Waals surface area contributed by atoms with Crippen molar-refractivity contribution in [2.45, 2.75) is 120 Å². The molecule has 4 heterocycles. The Kier molecular flexibility index (Phi) is 10.9. The molecule has 5 heteroatoms. The molecule has 0 fully saturated rings. The number of hydrogen-bond acceptors (Lipinski definition) is 3. The molecule has 0 atom stereocenters. The van der Waals surface area contributed by atoms with Gasteiger partial charge in [0.25, 0.3) is 6.71 Å². The van der Waals surface area contributed by atoms with Crippen molar-refractivity contribution < 1.29 is 0 Å². The molecule has 9 aromatic carbocycles. The second kappa shape index (κ2) is 17.1.